The van der Waals surface area contributed by atoms with Gasteiger partial charge in [0.05, 0.1) is 17.3 Å². The fraction of sp³-hybridized carbons (Fsp3) is 0.233. The van der Waals surface area contributed by atoms with Gasteiger partial charge in [0, 0.05) is 5.56 Å². The zero-order valence-corrected chi connectivity index (χ0v) is 24.9. The zero-order chi connectivity index (χ0) is 29.9. The number of aryl methyl sites for hydroxylation is 3. The number of carbonyl (C=O) groups excluding carboxylic acids is 1. The molecule has 3 N–H and O–H groups in total. The van der Waals surface area contributed by atoms with Crippen LogP contribution in [0.25, 0.3) is 11.3 Å². The number of amides is 1. The average Bonchev–Trinajstić information content (AvgIpc) is 2.89. The van der Waals surface area contributed by atoms with Crippen LogP contribution in [0.5, 0.6) is 17.4 Å². The van der Waals surface area contributed by atoms with Gasteiger partial charge < -0.3 is 15.2 Å². The Kier molecular flexibility index (Phi) is 8.84. The topological polar surface area (TPSA) is 134 Å². The second kappa shape index (κ2) is 12.2. The Balaban J connectivity index is 1.77. The Morgan fingerprint density at radius 3 is 2.37 bits per heavy atom. The summed E-state index contributed by atoms with van der Waals surface area (Å²) in [5.74, 6) is 0.278. The number of nitrogens with one attached hydrogen (secondary N) is 1. The molecule has 9 nitrogen and oxygen atoms in total. The number of hydrogen-bond donors (Lipinski definition) is 2. The minimum Gasteiger partial charge on any atom is -0.492 e. The SMILES string of the molecule is Cc1cc(C)c(Oc2nc(-c3ccc(Cl)c(OCC(C)C)c3)ccc2C(=O)NS(=O)(=O)c2cccc(N)n2)c(C)c1. The van der Waals surface area contributed by atoms with Crippen LogP contribution in [0, 0.1) is 26.7 Å². The Morgan fingerprint density at radius 1 is 1.00 bits per heavy atom. The summed E-state index contributed by atoms with van der Waals surface area (Å²) in [4.78, 5) is 21.8. The van der Waals surface area contributed by atoms with Gasteiger partial charge >= 0.3 is 0 Å². The molecule has 1 amide bonds. The lowest BCUT2D eigenvalue weighted by atomic mass is 10.1. The van der Waals surface area contributed by atoms with Gasteiger partial charge in [-0.1, -0.05) is 55.3 Å². The predicted molar refractivity (Wildman–Crippen MR) is 159 cm³/mol. The Morgan fingerprint density at radius 2 is 1.71 bits per heavy atom. The van der Waals surface area contributed by atoms with E-state index < -0.39 is 21.0 Å². The first-order chi connectivity index (χ1) is 19.3. The number of rotatable bonds is 9. The van der Waals surface area contributed by atoms with Gasteiger partial charge in [0.2, 0.25) is 5.88 Å². The summed E-state index contributed by atoms with van der Waals surface area (Å²) < 4.78 is 39.9. The fourth-order valence-electron chi connectivity index (χ4n) is 4.12. The van der Waals surface area contributed by atoms with Gasteiger partial charge in [-0.3, -0.25) is 4.79 Å². The van der Waals surface area contributed by atoms with Gasteiger partial charge in [0.15, 0.2) is 5.03 Å². The third-order valence-electron chi connectivity index (χ3n) is 5.95. The second-order valence-corrected chi connectivity index (χ2v) is 12.1. The first kappa shape index (κ1) is 29.8. The largest absolute Gasteiger partial charge is 0.492 e. The molecule has 2 aromatic heterocycles. The number of carbonyl (C=O) groups is 1. The number of aromatic nitrogens is 2. The Hall–Kier alpha value is -4.15. The van der Waals surface area contributed by atoms with Crippen LogP contribution in [0.2, 0.25) is 5.02 Å². The first-order valence-corrected chi connectivity index (χ1v) is 14.7. The molecule has 0 radical (unpaired) electrons. The maximum atomic E-state index is 13.3. The minimum atomic E-state index is -4.33. The van der Waals surface area contributed by atoms with E-state index in [1.807, 2.05) is 51.5 Å². The predicted octanol–water partition coefficient (Wildman–Crippen LogP) is 6.25. The summed E-state index contributed by atoms with van der Waals surface area (Å²) >= 11 is 6.35. The van der Waals surface area contributed by atoms with Crippen LogP contribution in [0.4, 0.5) is 5.82 Å². The summed E-state index contributed by atoms with van der Waals surface area (Å²) in [5, 5.41) is 0.0614. The van der Waals surface area contributed by atoms with Crippen LogP contribution >= 0.6 is 11.6 Å². The number of nitrogen functional groups attached to an aromatic ring is 1. The Bertz CT molecular complexity index is 1700. The number of benzene rings is 2. The van der Waals surface area contributed by atoms with Crippen molar-refractivity contribution in [2.75, 3.05) is 12.3 Å². The highest BCUT2D eigenvalue weighted by Crippen LogP contribution is 2.35. The molecule has 4 aromatic rings. The summed E-state index contributed by atoms with van der Waals surface area (Å²) in [7, 11) is -4.33. The van der Waals surface area contributed by atoms with Crippen molar-refractivity contribution >= 4 is 33.3 Å². The molecular weight excluding hydrogens is 564 g/mol. The molecule has 0 saturated carbocycles. The Labute approximate surface area is 244 Å². The number of ether oxygens (including phenoxy) is 2. The summed E-state index contributed by atoms with van der Waals surface area (Å²) in [6, 6.07) is 16.3. The lowest BCUT2D eigenvalue weighted by molar-refractivity contribution is 0.0978. The molecule has 0 aliphatic heterocycles. The molecule has 0 saturated heterocycles. The van der Waals surface area contributed by atoms with E-state index in [4.69, 9.17) is 26.8 Å². The number of hydrogen-bond acceptors (Lipinski definition) is 8. The molecule has 4 rings (SSSR count). The molecule has 0 unspecified atom stereocenters. The molecule has 0 atom stereocenters. The van der Waals surface area contributed by atoms with Crippen molar-refractivity contribution in [3.05, 3.63) is 87.9 Å². The van der Waals surface area contributed by atoms with Gasteiger partial charge in [-0.05, 0) is 74.2 Å². The smallest absolute Gasteiger partial charge is 0.281 e. The molecule has 214 valence electrons. The van der Waals surface area contributed by atoms with Crippen molar-refractivity contribution in [3.63, 3.8) is 0 Å². The number of sulfonamides is 1. The quantitative estimate of drug-likeness (QED) is 0.232. The normalized spacial score (nSPS) is 11.4. The molecule has 41 heavy (non-hydrogen) atoms. The average molecular weight is 595 g/mol. The number of anilines is 1. The highest BCUT2D eigenvalue weighted by molar-refractivity contribution is 7.90. The van der Waals surface area contributed by atoms with Crippen molar-refractivity contribution in [2.24, 2.45) is 5.92 Å². The van der Waals surface area contributed by atoms with E-state index in [0.717, 1.165) is 16.7 Å². The molecule has 0 aliphatic carbocycles. The van der Waals surface area contributed by atoms with Gasteiger partial charge in [-0.25, -0.2) is 14.7 Å². The van der Waals surface area contributed by atoms with E-state index in [-0.39, 0.29) is 17.3 Å². The van der Waals surface area contributed by atoms with Gasteiger partial charge in [-0.2, -0.15) is 8.42 Å². The molecule has 2 aromatic carbocycles. The van der Waals surface area contributed by atoms with Crippen molar-refractivity contribution in [3.8, 4) is 28.6 Å². The summed E-state index contributed by atoms with van der Waals surface area (Å²) in [6.07, 6.45) is 0. The van der Waals surface area contributed by atoms with E-state index in [2.05, 4.69) is 9.97 Å². The fourth-order valence-corrected chi connectivity index (χ4v) is 5.23. The third-order valence-corrected chi connectivity index (χ3v) is 7.50. The van der Waals surface area contributed by atoms with E-state index in [9.17, 15) is 13.2 Å². The monoisotopic (exact) mass is 594 g/mol. The first-order valence-electron chi connectivity index (χ1n) is 12.8. The molecular formula is C30H31ClN4O5S. The third kappa shape index (κ3) is 7.14. The minimum absolute atomic E-state index is 0.000366. The number of nitrogens with zero attached hydrogens (tertiary/aromatic N) is 2. The maximum Gasteiger partial charge on any atom is 0.281 e. The molecule has 0 spiro atoms. The van der Waals surface area contributed by atoms with Crippen LogP contribution in [-0.4, -0.2) is 30.9 Å². The van der Waals surface area contributed by atoms with Crippen molar-refractivity contribution in [1.82, 2.24) is 14.7 Å². The zero-order valence-electron chi connectivity index (χ0n) is 23.4. The maximum absolute atomic E-state index is 13.3. The summed E-state index contributed by atoms with van der Waals surface area (Å²) in [6.45, 7) is 10.3. The van der Waals surface area contributed by atoms with E-state index in [0.29, 0.717) is 40.3 Å². The van der Waals surface area contributed by atoms with Crippen LogP contribution < -0.4 is 19.9 Å². The van der Waals surface area contributed by atoms with Gasteiger partial charge in [-0.15, -0.1) is 0 Å². The van der Waals surface area contributed by atoms with Crippen molar-refractivity contribution < 1.29 is 22.7 Å². The number of pyridine rings is 2. The van der Waals surface area contributed by atoms with Crippen LogP contribution in [-0.2, 0) is 10.0 Å². The molecule has 2 heterocycles. The van der Waals surface area contributed by atoms with Crippen LogP contribution in [0.3, 0.4) is 0 Å². The lowest BCUT2D eigenvalue weighted by Gasteiger charge is -2.16. The van der Waals surface area contributed by atoms with Crippen LogP contribution in [0.15, 0.2) is 65.7 Å². The van der Waals surface area contributed by atoms with Gasteiger partial charge in [0.1, 0.15) is 22.9 Å². The van der Waals surface area contributed by atoms with Crippen molar-refractivity contribution in [1.29, 1.82) is 0 Å². The summed E-state index contributed by atoms with van der Waals surface area (Å²) in [5.41, 5.74) is 9.37. The number of nitrogens with two attached hydrogens (primary N) is 1. The van der Waals surface area contributed by atoms with Crippen LogP contribution in [0.1, 0.15) is 40.9 Å². The molecule has 0 bridgehead atoms. The second-order valence-electron chi connectivity index (χ2n) is 10.1. The van der Waals surface area contributed by atoms with Crippen molar-refractivity contribution in [2.45, 2.75) is 39.6 Å². The highest BCUT2D eigenvalue weighted by Gasteiger charge is 2.25. The van der Waals surface area contributed by atoms with E-state index >= 15 is 0 Å². The van der Waals surface area contributed by atoms with Gasteiger partial charge in [0.25, 0.3) is 15.9 Å². The number of halogens is 1. The lowest BCUT2D eigenvalue weighted by Crippen LogP contribution is -2.31. The standard InChI is InChI=1S/C30H31ClN4O5S/c1-17(2)16-39-25-15-21(9-11-23(25)31)24-12-10-22(29(36)35-41(37,38)27-8-6-7-26(32)34-27)30(33-24)40-28-19(4)13-18(3)14-20(28)5/h6-15,17H,16H2,1-5H3,(H2,32,34)(H,35,36). The highest BCUT2D eigenvalue weighted by atomic mass is 35.5. The molecule has 0 aliphatic rings. The molecule has 0 fully saturated rings. The molecule has 11 heteroatoms. The van der Waals surface area contributed by atoms with E-state index in [1.165, 1.54) is 24.3 Å². The van der Waals surface area contributed by atoms with E-state index in [1.54, 1.807) is 24.3 Å².